The predicted octanol–water partition coefficient (Wildman–Crippen LogP) is 0.152. The molecule has 2 N–H and O–H groups in total. The summed E-state index contributed by atoms with van der Waals surface area (Å²) in [6, 6.07) is 0. The van der Waals surface area contributed by atoms with Gasteiger partial charge in [-0.1, -0.05) is 0 Å². The van der Waals surface area contributed by atoms with Crippen LogP contribution in [-0.4, -0.2) is 50.2 Å². The summed E-state index contributed by atoms with van der Waals surface area (Å²) < 4.78 is 10.0. The maximum Gasteiger partial charge on any atom is 0.0897 e. The lowest BCUT2D eigenvalue weighted by Crippen LogP contribution is -2.37. The van der Waals surface area contributed by atoms with Gasteiger partial charge in [0.1, 0.15) is 0 Å². The Bertz CT molecular complexity index is 159. The highest BCUT2D eigenvalue weighted by atomic mass is 16.5. The largest absolute Gasteiger partial charge is 0.389 e. The third-order valence-electron chi connectivity index (χ3n) is 2.51. The average Bonchev–Trinajstić information content (AvgIpc) is 2.89. The van der Waals surface area contributed by atoms with E-state index in [9.17, 15) is 5.11 Å². The van der Waals surface area contributed by atoms with Crippen molar-refractivity contribution >= 4 is 0 Å². The van der Waals surface area contributed by atoms with Gasteiger partial charge >= 0.3 is 0 Å². The highest BCUT2D eigenvalue weighted by Gasteiger charge is 2.36. The molecule has 4 nitrogen and oxygen atoms in total. The molecule has 14 heavy (non-hydrogen) atoms. The van der Waals surface area contributed by atoms with E-state index in [4.69, 9.17) is 9.47 Å². The molecule has 4 heteroatoms. The Balaban J connectivity index is 1.90. The zero-order chi connectivity index (χ0) is 10.4. The summed E-state index contributed by atoms with van der Waals surface area (Å²) in [7, 11) is 1.63. The van der Waals surface area contributed by atoms with Crippen molar-refractivity contribution in [3.05, 3.63) is 0 Å². The highest BCUT2D eigenvalue weighted by molar-refractivity contribution is 4.97. The van der Waals surface area contributed by atoms with E-state index in [1.165, 1.54) is 12.8 Å². The van der Waals surface area contributed by atoms with Crippen LogP contribution in [0.25, 0.3) is 0 Å². The molecule has 0 aromatic heterocycles. The van der Waals surface area contributed by atoms with E-state index in [0.717, 1.165) is 0 Å². The van der Waals surface area contributed by atoms with Gasteiger partial charge in [0.05, 0.1) is 25.9 Å². The monoisotopic (exact) mass is 203 g/mol. The fourth-order valence-corrected chi connectivity index (χ4v) is 1.15. The summed E-state index contributed by atoms with van der Waals surface area (Å²) in [5, 5.41) is 12.8. The molecular weight excluding hydrogens is 182 g/mol. The minimum absolute atomic E-state index is 0.285. The van der Waals surface area contributed by atoms with E-state index >= 15 is 0 Å². The SMILES string of the molecule is COCCOCC(O)CNC1(C)CC1. The van der Waals surface area contributed by atoms with Crippen molar-refractivity contribution in [2.45, 2.75) is 31.4 Å². The van der Waals surface area contributed by atoms with Gasteiger partial charge in [0.25, 0.3) is 0 Å². The van der Waals surface area contributed by atoms with Crippen molar-refractivity contribution in [1.29, 1.82) is 0 Å². The van der Waals surface area contributed by atoms with E-state index in [2.05, 4.69) is 12.2 Å². The molecule has 1 atom stereocenters. The minimum atomic E-state index is -0.413. The second kappa shape index (κ2) is 5.66. The first kappa shape index (κ1) is 11.9. The molecule has 0 aliphatic heterocycles. The quantitative estimate of drug-likeness (QED) is 0.551. The van der Waals surface area contributed by atoms with Crippen molar-refractivity contribution in [2.75, 3.05) is 33.5 Å². The Hall–Kier alpha value is -0.160. The maximum atomic E-state index is 9.51. The van der Waals surface area contributed by atoms with Gasteiger partial charge in [-0.15, -0.1) is 0 Å². The van der Waals surface area contributed by atoms with Crippen LogP contribution in [0.5, 0.6) is 0 Å². The molecule has 1 rings (SSSR count). The molecule has 1 unspecified atom stereocenters. The second-order valence-corrected chi connectivity index (χ2v) is 4.16. The van der Waals surface area contributed by atoms with Crippen LogP contribution in [0.15, 0.2) is 0 Å². The zero-order valence-electron chi connectivity index (χ0n) is 9.08. The van der Waals surface area contributed by atoms with Gasteiger partial charge in [-0.25, -0.2) is 0 Å². The van der Waals surface area contributed by atoms with Gasteiger partial charge in [-0.05, 0) is 19.8 Å². The topological polar surface area (TPSA) is 50.7 Å². The van der Waals surface area contributed by atoms with Gasteiger partial charge in [-0.2, -0.15) is 0 Å². The maximum absolute atomic E-state index is 9.51. The Morgan fingerprint density at radius 1 is 1.43 bits per heavy atom. The zero-order valence-corrected chi connectivity index (χ0v) is 9.08. The lowest BCUT2D eigenvalue weighted by Gasteiger charge is -2.15. The number of methoxy groups -OCH3 is 1. The Kier molecular flexibility index (Phi) is 4.81. The van der Waals surface area contributed by atoms with Crippen LogP contribution in [0.4, 0.5) is 0 Å². The highest BCUT2D eigenvalue weighted by Crippen LogP contribution is 2.33. The molecule has 0 aromatic carbocycles. The third-order valence-corrected chi connectivity index (χ3v) is 2.51. The summed E-state index contributed by atoms with van der Waals surface area (Å²) in [5.74, 6) is 0. The van der Waals surface area contributed by atoms with Crippen molar-refractivity contribution in [3.8, 4) is 0 Å². The van der Waals surface area contributed by atoms with E-state index in [-0.39, 0.29) is 5.54 Å². The van der Waals surface area contributed by atoms with Gasteiger partial charge in [0.15, 0.2) is 0 Å². The molecule has 0 amide bonds. The smallest absolute Gasteiger partial charge is 0.0897 e. The summed E-state index contributed by atoms with van der Waals surface area (Å²) in [6.07, 6.45) is 2.01. The van der Waals surface area contributed by atoms with Gasteiger partial charge < -0.3 is 19.9 Å². The number of hydrogen-bond donors (Lipinski definition) is 2. The molecule has 1 aliphatic carbocycles. The fourth-order valence-electron chi connectivity index (χ4n) is 1.15. The van der Waals surface area contributed by atoms with Crippen LogP contribution in [0.3, 0.4) is 0 Å². The summed E-state index contributed by atoms with van der Waals surface area (Å²) in [5.41, 5.74) is 0.285. The number of hydrogen-bond acceptors (Lipinski definition) is 4. The number of aliphatic hydroxyl groups excluding tert-OH is 1. The van der Waals surface area contributed by atoms with Crippen molar-refractivity contribution in [1.82, 2.24) is 5.32 Å². The number of β-amino-alcohol motifs (C(OH)–C–C–N with tert-alkyl or cyclic N) is 1. The minimum Gasteiger partial charge on any atom is -0.389 e. The van der Waals surface area contributed by atoms with Crippen LogP contribution in [0.1, 0.15) is 19.8 Å². The van der Waals surface area contributed by atoms with Crippen LogP contribution >= 0.6 is 0 Å². The Morgan fingerprint density at radius 3 is 2.71 bits per heavy atom. The Morgan fingerprint density at radius 2 is 2.14 bits per heavy atom. The standard InChI is InChI=1S/C10H21NO3/c1-10(3-4-10)11-7-9(12)8-14-6-5-13-2/h9,11-12H,3-8H2,1-2H3. The molecular formula is C10H21NO3. The van der Waals surface area contributed by atoms with E-state index in [1.54, 1.807) is 7.11 Å². The lowest BCUT2D eigenvalue weighted by molar-refractivity contribution is 0.0127. The molecule has 84 valence electrons. The molecule has 1 fully saturated rings. The lowest BCUT2D eigenvalue weighted by atomic mass is 10.3. The van der Waals surface area contributed by atoms with E-state index < -0.39 is 6.10 Å². The van der Waals surface area contributed by atoms with Crippen molar-refractivity contribution in [2.24, 2.45) is 0 Å². The number of rotatable bonds is 8. The third kappa shape index (κ3) is 4.91. The Labute approximate surface area is 85.6 Å². The van der Waals surface area contributed by atoms with Crippen LogP contribution in [0, 0.1) is 0 Å². The fraction of sp³-hybridized carbons (Fsp3) is 1.00. The second-order valence-electron chi connectivity index (χ2n) is 4.16. The van der Waals surface area contributed by atoms with Gasteiger partial charge in [-0.3, -0.25) is 0 Å². The van der Waals surface area contributed by atoms with Gasteiger partial charge in [0.2, 0.25) is 0 Å². The molecule has 0 aromatic rings. The van der Waals surface area contributed by atoms with E-state index in [1.807, 2.05) is 0 Å². The van der Waals surface area contributed by atoms with Crippen LogP contribution < -0.4 is 5.32 Å². The van der Waals surface area contributed by atoms with Crippen molar-refractivity contribution < 1.29 is 14.6 Å². The van der Waals surface area contributed by atoms with Gasteiger partial charge in [0, 0.05) is 19.2 Å². The first-order chi connectivity index (χ1) is 6.66. The summed E-state index contributed by atoms with van der Waals surface area (Å²) in [6.45, 7) is 4.30. The first-order valence-electron chi connectivity index (χ1n) is 5.16. The number of ether oxygens (including phenoxy) is 2. The molecule has 1 saturated carbocycles. The molecule has 0 heterocycles. The number of aliphatic hydroxyl groups is 1. The average molecular weight is 203 g/mol. The summed E-state index contributed by atoms with van der Waals surface area (Å²) in [4.78, 5) is 0. The molecule has 0 spiro atoms. The normalized spacial score (nSPS) is 20.8. The first-order valence-corrected chi connectivity index (χ1v) is 5.16. The molecule has 1 aliphatic rings. The molecule has 0 radical (unpaired) electrons. The van der Waals surface area contributed by atoms with Crippen LogP contribution in [0.2, 0.25) is 0 Å². The van der Waals surface area contributed by atoms with E-state index in [0.29, 0.717) is 26.4 Å². The van der Waals surface area contributed by atoms with Crippen LogP contribution in [-0.2, 0) is 9.47 Å². The molecule has 0 saturated heterocycles. The molecule has 0 bridgehead atoms. The predicted molar refractivity (Wildman–Crippen MR) is 54.3 cm³/mol. The van der Waals surface area contributed by atoms with Crippen molar-refractivity contribution in [3.63, 3.8) is 0 Å². The summed E-state index contributed by atoms with van der Waals surface area (Å²) >= 11 is 0. The number of nitrogens with one attached hydrogen (secondary N) is 1.